The molecule has 2 aliphatic rings. The lowest BCUT2D eigenvalue weighted by Crippen LogP contribution is -2.51. The van der Waals surface area contributed by atoms with Crippen molar-refractivity contribution >= 4 is 11.8 Å². The Morgan fingerprint density at radius 1 is 1.35 bits per heavy atom. The molecule has 17 heavy (non-hydrogen) atoms. The van der Waals surface area contributed by atoms with Crippen LogP contribution in [-0.2, 0) is 9.59 Å². The molecule has 2 rings (SSSR count). The molecule has 1 heterocycles. The largest absolute Gasteiger partial charge is 0.296 e. The van der Waals surface area contributed by atoms with E-state index in [4.69, 9.17) is 0 Å². The molecular formula is C14H23NO2. The molecule has 0 aromatic heterocycles. The Hall–Kier alpha value is -0.860. The van der Waals surface area contributed by atoms with E-state index in [1.807, 2.05) is 0 Å². The predicted octanol–water partition coefficient (Wildman–Crippen LogP) is 2.50. The van der Waals surface area contributed by atoms with Crippen LogP contribution in [0, 0.1) is 23.2 Å². The van der Waals surface area contributed by atoms with E-state index in [1.54, 1.807) is 0 Å². The standard InChI is InChI=1S/C14H23NO2/c1-9(2)6-11-13(17)15-12(16)8-14(11,3)7-10-4-5-10/h9-11H,4-8H2,1-3H3,(H,15,16,17). The molecule has 1 aliphatic heterocycles. The molecule has 3 heteroatoms. The first-order chi connectivity index (χ1) is 7.90. The first-order valence-electron chi connectivity index (χ1n) is 6.74. The van der Waals surface area contributed by atoms with Crippen molar-refractivity contribution in [2.45, 2.75) is 52.9 Å². The van der Waals surface area contributed by atoms with E-state index in [2.05, 4.69) is 26.1 Å². The van der Waals surface area contributed by atoms with Crippen LogP contribution in [0.2, 0.25) is 0 Å². The summed E-state index contributed by atoms with van der Waals surface area (Å²) >= 11 is 0. The van der Waals surface area contributed by atoms with Crippen molar-refractivity contribution in [1.82, 2.24) is 5.32 Å². The van der Waals surface area contributed by atoms with Crippen LogP contribution in [0.1, 0.15) is 52.9 Å². The van der Waals surface area contributed by atoms with Crippen LogP contribution in [0.3, 0.4) is 0 Å². The average Bonchev–Trinajstić information content (AvgIpc) is 2.94. The molecule has 2 fully saturated rings. The maximum Gasteiger partial charge on any atom is 0.230 e. The minimum absolute atomic E-state index is 0.0146. The first-order valence-corrected chi connectivity index (χ1v) is 6.74. The lowest BCUT2D eigenvalue weighted by Gasteiger charge is -2.40. The zero-order chi connectivity index (χ0) is 12.6. The molecule has 0 aromatic carbocycles. The quantitative estimate of drug-likeness (QED) is 0.764. The molecule has 2 atom stereocenters. The number of hydrogen-bond acceptors (Lipinski definition) is 2. The van der Waals surface area contributed by atoms with Crippen molar-refractivity contribution in [3.05, 3.63) is 0 Å². The third-order valence-electron chi connectivity index (χ3n) is 4.14. The van der Waals surface area contributed by atoms with Gasteiger partial charge in [0.15, 0.2) is 0 Å². The molecular weight excluding hydrogens is 214 g/mol. The maximum absolute atomic E-state index is 12.0. The molecule has 3 nitrogen and oxygen atoms in total. The zero-order valence-corrected chi connectivity index (χ0v) is 11.1. The SMILES string of the molecule is CC(C)CC1C(=O)NC(=O)CC1(C)CC1CC1. The summed E-state index contributed by atoms with van der Waals surface area (Å²) in [6.07, 6.45) is 5.01. The molecule has 1 N–H and O–H groups in total. The molecule has 1 aliphatic carbocycles. The second-order valence-corrected chi connectivity index (χ2v) is 6.57. The Balaban J connectivity index is 2.15. The van der Waals surface area contributed by atoms with E-state index in [-0.39, 0.29) is 23.1 Å². The number of nitrogens with one attached hydrogen (secondary N) is 1. The van der Waals surface area contributed by atoms with Crippen LogP contribution < -0.4 is 5.32 Å². The van der Waals surface area contributed by atoms with Crippen LogP contribution in [0.4, 0.5) is 0 Å². The normalized spacial score (nSPS) is 34.0. The monoisotopic (exact) mass is 237 g/mol. The number of hydrogen-bond donors (Lipinski definition) is 1. The third-order valence-corrected chi connectivity index (χ3v) is 4.14. The Bertz CT molecular complexity index is 333. The summed E-state index contributed by atoms with van der Waals surface area (Å²) in [4.78, 5) is 23.6. The molecule has 0 spiro atoms. The third kappa shape index (κ3) is 2.88. The van der Waals surface area contributed by atoms with Gasteiger partial charge in [-0.05, 0) is 30.1 Å². The minimum Gasteiger partial charge on any atom is -0.296 e. The number of carbonyl (C=O) groups is 2. The number of carbonyl (C=O) groups excluding carboxylic acids is 2. The number of rotatable bonds is 4. The van der Waals surface area contributed by atoms with Gasteiger partial charge in [0.05, 0.1) is 0 Å². The highest BCUT2D eigenvalue weighted by atomic mass is 16.2. The van der Waals surface area contributed by atoms with Gasteiger partial charge < -0.3 is 0 Å². The summed E-state index contributed by atoms with van der Waals surface area (Å²) in [5, 5.41) is 2.51. The predicted molar refractivity (Wildman–Crippen MR) is 66.2 cm³/mol. The van der Waals surface area contributed by atoms with E-state index >= 15 is 0 Å². The molecule has 2 unspecified atom stereocenters. The van der Waals surface area contributed by atoms with Gasteiger partial charge in [-0.3, -0.25) is 14.9 Å². The van der Waals surface area contributed by atoms with Gasteiger partial charge in [-0.25, -0.2) is 0 Å². The lowest BCUT2D eigenvalue weighted by molar-refractivity contribution is -0.144. The summed E-state index contributed by atoms with van der Waals surface area (Å²) in [6, 6.07) is 0. The fourth-order valence-electron chi connectivity index (χ4n) is 3.13. The van der Waals surface area contributed by atoms with E-state index < -0.39 is 0 Å². The Kier molecular flexibility index (Phi) is 3.28. The minimum atomic E-state index is -0.106. The van der Waals surface area contributed by atoms with Gasteiger partial charge in [-0.15, -0.1) is 0 Å². The van der Waals surface area contributed by atoms with E-state index in [0.29, 0.717) is 12.3 Å². The van der Waals surface area contributed by atoms with Gasteiger partial charge >= 0.3 is 0 Å². The fraction of sp³-hybridized carbons (Fsp3) is 0.857. The summed E-state index contributed by atoms with van der Waals surface area (Å²) < 4.78 is 0. The Morgan fingerprint density at radius 3 is 2.53 bits per heavy atom. The maximum atomic E-state index is 12.0. The molecule has 0 radical (unpaired) electrons. The topological polar surface area (TPSA) is 46.2 Å². The Morgan fingerprint density at radius 2 is 2.00 bits per heavy atom. The molecule has 1 saturated heterocycles. The van der Waals surface area contributed by atoms with Crippen LogP contribution in [0.5, 0.6) is 0 Å². The van der Waals surface area contributed by atoms with Crippen molar-refractivity contribution in [3.8, 4) is 0 Å². The van der Waals surface area contributed by atoms with Gasteiger partial charge in [0.25, 0.3) is 0 Å². The highest BCUT2D eigenvalue weighted by Gasteiger charge is 2.47. The van der Waals surface area contributed by atoms with E-state index in [0.717, 1.165) is 18.8 Å². The fourth-order valence-corrected chi connectivity index (χ4v) is 3.13. The number of amides is 2. The smallest absolute Gasteiger partial charge is 0.230 e. The van der Waals surface area contributed by atoms with Crippen molar-refractivity contribution in [1.29, 1.82) is 0 Å². The highest BCUT2D eigenvalue weighted by Crippen LogP contribution is 2.48. The molecule has 0 aromatic rings. The van der Waals surface area contributed by atoms with Gasteiger partial charge in [0.1, 0.15) is 0 Å². The summed E-state index contributed by atoms with van der Waals surface area (Å²) in [5.41, 5.74) is -0.106. The van der Waals surface area contributed by atoms with E-state index in [1.165, 1.54) is 12.8 Å². The summed E-state index contributed by atoms with van der Waals surface area (Å²) in [6.45, 7) is 6.41. The Labute approximate surface area is 103 Å². The second-order valence-electron chi connectivity index (χ2n) is 6.57. The van der Waals surface area contributed by atoms with Crippen molar-refractivity contribution in [2.24, 2.45) is 23.2 Å². The van der Waals surface area contributed by atoms with Gasteiger partial charge in [0.2, 0.25) is 11.8 Å². The van der Waals surface area contributed by atoms with Crippen LogP contribution in [0.15, 0.2) is 0 Å². The summed E-state index contributed by atoms with van der Waals surface area (Å²) in [5.74, 6) is 1.14. The van der Waals surface area contributed by atoms with Gasteiger partial charge in [-0.1, -0.05) is 33.6 Å². The second kappa shape index (κ2) is 4.43. The van der Waals surface area contributed by atoms with Gasteiger partial charge in [-0.2, -0.15) is 0 Å². The average molecular weight is 237 g/mol. The molecule has 96 valence electrons. The highest BCUT2D eigenvalue weighted by molar-refractivity contribution is 5.99. The van der Waals surface area contributed by atoms with Crippen molar-refractivity contribution < 1.29 is 9.59 Å². The number of imide groups is 1. The lowest BCUT2D eigenvalue weighted by atomic mass is 9.66. The molecule has 2 amide bonds. The first kappa shape index (κ1) is 12.6. The molecule has 0 bridgehead atoms. The van der Waals surface area contributed by atoms with Crippen LogP contribution in [0.25, 0.3) is 0 Å². The number of piperidine rings is 1. The van der Waals surface area contributed by atoms with Gasteiger partial charge in [0, 0.05) is 12.3 Å². The van der Waals surface area contributed by atoms with Crippen molar-refractivity contribution in [3.63, 3.8) is 0 Å². The van der Waals surface area contributed by atoms with E-state index in [9.17, 15) is 9.59 Å². The van der Waals surface area contributed by atoms with Crippen molar-refractivity contribution in [2.75, 3.05) is 0 Å². The zero-order valence-electron chi connectivity index (χ0n) is 11.1. The molecule has 1 saturated carbocycles. The van der Waals surface area contributed by atoms with Crippen LogP contribution >= 0.6 is 0 Å². The van der Waals surface area contributed by atoms with Crippen LogP contribution in [-0.4, -0.2) is 11.8 Å². The summed E-state index contributed by atoms with van der Waals surface area (Å²) in [7, 11) is 0.